The molecule has 0 spiro atoms. The lowest BCUT2D eigenvalue weighted by molar-refractivity contribution is 0.102. The molecule has 1 aromatic carbocycles. The molecule has 200 valence electrons. The summed E-state index contributed by atoms with van der Waals surface area (Å²) in [5.41, 5.74) is 2.23. The number of nitrogens with zero attached hydrogens (tertiary/aromatic N) is 1. The summed E-state index contributed by atoms with van der Waals surface area (Å²) in [6.45, 7) is 8.11. The van der Waals surface area contributed by atoms with Gasteiger partial charge in [0.2, 0.25) is 0 Å². The van der Waals surface area contributed by atoms with Crippen LogP contribution >= 0.6 is 19.2 Å². The molecule has 2 heterocycles. The fourth-order valence-electron chi connectivity index (χ4n) is 3.20. The molecule has 0 aliphatic carbocycles. The summed E-state index contributed by atoms with van der Waals surface area (Å²) in [7, 11) is -3.62. The van der Waals surface area contributed by atoms with E-state index < -0.39 is 7.82 Å². The molecular weight excluding hydrogens is 515 g/mol. The van der Waals surface area contributed by atoms with Crippen molar-refractivity contribution in [2.45, 2.75) is 46.8 Å². The van der Waals surface area contributed by atoms with Crippen molar-refractivity contribution in [2.75, 3.05) is 25.1 Å². The minimum absolute atomic E-state index is 0.0147. The fraction of sp³-hybridized carbons (Fsp3) is 0.385. The molecule has 11 heteroatoms. The molecule has 3 rings (SSSR count). The van der Waals surface area contributed by atoms with Crippen LogP contribution in [0.1, 0.15) is 49.2 Å². The molecule has 0 bridgehead atoms. The number of carbonyl (C=O) groups is 1. The molecule has 0 unspecified atom stereocenters. The van der Waals surface area contributed by atoms with Gasteiger partial charge in [0, 0.05) is 24.2 Å². The van der Waals surface area contributed by atoms with E-state index in [1.54, 1.807) is 55.5 Å². The monoisotopic (exact) mass is 548 g/mol. The number of nitrogens with one attached hydrogen (secondary N) is 1. The zero-order valence-electron chi connectivity index (χ0n) is 21.5. The molecule has 3 aromatic rings. The van der Waals surface area contributed by atoms with Gasteiger partial charge in [0.15, 0.2) is 0 Å². The summed E-state index contributed by atoms with van der Waals surface area (Å²) in [4.78, 5) is 17.3. The van der Waals surface area contributed by atoms with E-state index in [1.807, 2.05) is 19.2 Å². The van der Waals surface area contributed by atoms with Gasteiger partial charge in [0.25, 0.3) is 5.91 Å². The van der Waals surface area contributed by atoms with Crippen LogP contribution in [-0.2, 0) is 31.2 Å². The maximum absolute atomic E-state index is 13.0. The van der Waals surface area contributed by atoms with Gasteiger partial charge >= 0.3 is 7.82 Å². The third kappa shape index (κ3) is 9.57. The number of benzene rings is 1. The molecule has 0 atom stereocenters. The lowest BCUT2D eigenvalue weighted by Crippen LogP contribution is -2.14. The first-order chi connectivity index (χ1) is 17.8. The summed E-state index contributed by atoms with van der Waals surface area (Å²) in [6, 6.07) is 10.5. The van der Waals surface area contributed by atoms with Crippen molar-refractivity contribution in [3.63, 3.8) is 0 Å². The zero-order valence-corrected chi connectivity index (χ0v) is 23.2. The van der Waals surface area contributed by atoms with Crippen LogP contribution in [0.15, 0.2) is 53.4 Å². The van der Waals surface area contributed by atoms with Gasteiger partial charge in [0.1, 0.15) is 17.3 Å². The highest BCUT2D eigenvalue weighted by Crippen LogP contribution is 2.49. The Morgan fingerprint density at radius 1 is 1.03 bits per heavy atom. The molecule has 0 saturated carbocycles. The number of thiophene rings is 1. The third-order valence-electron chi connectivity index (χ3n) is 4.78. The quantitative estimate of drug-likeness (QED) is 0.215. The van der Waals surface area contributed by atoms with E-state index in [2.05, 4.69) is 21.7 Å². The number of ether oxygens (including phenoxy) is 2. The summed E-state index contributed by atoms with van der Waals surface area (Å²) in [5.74, 6) is 1.08. The van der Waals surface area contributed by atoms with E-state index in [9.17, 15) is 9.36 Å². The van der Waals surface area contributed by atoms with Crippen molar-refractivity contribution in [3.8, 4) is 11.5 Å². The summed E-state index contributed by atoms with van der Waals surface area (Å²) in [5, 5.41) is 6.90. The fourth-order valence-corrected chi connectivity index (χ4v) is 5.07. The third-order valence-corrected chi connectivity index (χ3v) is 7.11. The van der Waals surface area contributed by atoms with Crippen LogP contribution in [0.2, 0.25) is 0 Å². The Kier molecular flexibility index (Phi) is 11.1. The van der Waals surface area contributed by atoms with Gasteiger partial charge in [-0.1, -0.05) is 6.07 Å². The maximum atomic E-state index is 13.0. The Hall–Kier alpha value is -2.75. The largest absolute Gasteiger partial charge is 0.493 e. The minimum atomic E-state index is -3.62. The molecule has 0 radical (unpaired) electrons. The topological polar surface area (TPSA) is 105 Å². The molecule has 0 aliphatic rings. The minimum Gasteiger partial charge on any atom is -0.493 e. The lowest BCUT2D eigenvalue weighted by Gasteiger charge is -2.16. The molecular formula is C26H33N2O7PS. The molecule has 37 heavy (non-hydrogen) atoms. The number of phosphoric acid groups is 1. The molecule has 2 aromatic heterocycles. The Morgan fingerprint density at radius 2 is 1.78 bits per heavy atom. The standard InChI is InChI=1S/C26H33N2O7PS/c1-5-32-36(30,33-6-2)34-17-21-7-8-25(27-16-21)28-26(29)22-13-23(15-24(14-22)35-19(3)4)31-11-9-20-10-12-37-18-20/h7-8,10,12-16,18-19H,5-6,9,11,17H2,1-4H3,(H,27,28,29). The van der Waals surface area contributed by atoms with Gasteiger partial charge < -0.3 is 14.8 Å². The molecule has 0 saturated heterocycles. The van der Waals surface area contributed by atoms with Crippen molar-refractivity contribution in [1.82, 2.24) is 4.98 Å². The maximum Gasteiger partial charge on any atom is 0.475 e. The number of rotatable bonds is 15. The van der Waals surface area contributed by atoms with Crippen LogP contribution < -0.4 is 14.8 Å². The second-order valence-corrected chi connectivity index (χ2v) is 10.6. The Labute approximate surface area is 221 Å². The summed E-state index contributed by atoms with van der Waals surface area (Å²) in [6.07, 6.45) is 2.23. The van der Waals surface area contributed by atoms with E-state index in [-0.39, 0.29) is 31.8 Å². The average molecular weight is 549 g/mol. The van der Waals surface area contributed by atoms with Gasteiger partial charge in [-0.15, -0.1) is 0 Å². The summed E-state index contributed by atoms with van der Waals surface area (Å²) >= 11 is 1.65. The van der Waals surface area contributed by atoms with Crippen LogP contribution in [0.3, 0.4) is 0 Å². The molecule has 9 nitrogen and oxygen atoms in total. The van der Waals surface area contributed by atoms with Crippen LogP contribution in [0.25, 0.3) is 0 Å². The predicted octanol–water partition coefficient (Wildman–Crippen LogP) is 6.50. The Bertz CT molecular complexity index is 1160. The second kappa shape index (κ2) is 14.3. The normalized spacial score (nSPS) is 11.5. The van der Waals surface area contributed by atoms with Gasteiger partial charge in [-0.05, 0) is 73.8 Å². The number of anilines is 1. The van der Waals surface area contributed by atoms with Gasteiger partial charge in [-0.3, -0.25) is 18.4 Å². The Balaban J connectivity index is 1.64. The van der Waals surface area contributed by atoms with Crippen molar-refractivity contribution in [2.24, 2.45) is 0 Å². The second-order valence-electron chi connectivity index (χ2n) is 8.15. The Morgan fingerprint density at radius 3 is 2.41 bits per heavy atom. The van der Waals surface area contributed by atoms with E-state index >= 15 is 0 Å². The number of hydrogen-bond donors (Lipinski definition) is 1. The first kappa shape index (κ1) is 28.8. The van der Waals surface area contributed by atoms with E-state index in [0.717, 1.165) is 6.42 Å². The van der Waals surface area contributed by atoms with E-state index in [4.69, 9.17) is 23.0 Å². The highest BCUT2D eigenvalue weighted by molar-refractivity contribution is 7.48. The highest BCUT2D eigenvalue weighted by Gasteiger charge is 2.25. The van der Waals surface area contributed by atoms with E-state index in [0.29, 0.717) is 35.1 Å². The van der Waals surface area contributed by atoms with Crippen molar-refractivity contribution < 1.29 is 32.4 Å². The van der Waals surface area contributed by atoms with E-state index in [1.165, 1.54) is 11.8 Å². The van der Waals surface area contributed by atoms with Crippen molar-refractivity contribution >= 4 is 30.9 Å². The molecule has 1 amide bonds. The van der Waals surface area contributed by atoms with Gasteiger partial charge in [-0.25, -0.2) is 9.55 Å². The smallest absolute Gasteiger partial charge is 0.475 e. The van der Waals surface area contributed by atoms with Crippen LogP contribution in [0, 0.1) is 0 Å². The highest BCUT2D eigenvalue weighted by atomic mass is 32.1. The van der Waals surface area contributed by atoms with Crippen LogP contribution in [0.5, 0.6) is 11.5 Å². The number of carbonyl (C=O) groups excluding carboxylic acids is 1. The van der Waals surface area contributed by atoms with Gasteiger partial charge in [0.05, 0.1) is 32.5 Å². The first-order valence-corrected chi connectivity index (χ1v) is 14.5. The van der Waals surface area contributed by atoms with Gasteiger partial charge in [-0.2, -0.15) is 11.3 Å². The summed E-state index contributed by atoms with van der Waals surface area (Å²) < 4.78 is 39.8. The number of hydrogen-bond acceptors (Lipinski definition) is 9. The van der Waals surface area contributed by atoms with Crippen LogP contribution in [-0.4, -0.2) is 36.8 Å². The number of phosphoric ester groups is 1. The lowest BCUT2D eigenvalue weighted by atomic mass is 10.1. The predicted molar refractivity (Wildman–Crippen MR) is 144 cm³/mol. The zero-order chi connectivity index (χ0) is 26.7. The molecule has 0 aliphatic heterocycles. The number of pyridine rings is 1. The first-order valence-electron chi connectivity index (χ1n) is 12.1. The number of aromatic nitrogens is 1. The average Bonchev–Trinajstić information content (AvgIpc) is 3.37. The van der Waals surface area contributed by atoms with Crippen molar-refractivity contribution in [1.29, 1.82) is 0 Å². The SMILES string of the molecule is CCOP(=O)(OCC)OCc1ccc(NC(=O)c2cc(OCCc3ccsc3)cc(OC(C)C)c2)nc1. The van der Waals surface area contributed by atoms with Crippen molar-refractivity contribution in [3.05, 3.63) is 70.0 Å². The number of amides is 1. The molecule has 0 fully saturated rings. The van der Waals surface area contributed by atoms with Crippen LogP contribution in [0.4, 0.5) is 5.82 Å². The molecule has 1 N–H and O–H groups in total.